The second-order valence-electron chi connectivity index (χ2n) is 8.06. The normalized spacial score (nSPS) is 17.6. The minimum absolute atomic E-state index is 0.115. The van der Waals surface area contributed by atoms with Gasteiger partial charge in [-0.1, -0.05) is 35.5 Å². The molecule has 1 fully saturated rings. The molecule has 0 aliphatic carbocycles. The highest BCUT2D eigenvalue weighted by Gasteiger charge is 2.33. The summed E-state index contributed by atoms with van der Waals surface area (Å²) >= 11 is 0. The van der Waals surface area contributed by atoms with Crippen LogP contribution in [0.2, 0.25) is 0 Å². The maximum absolute atomic E-state index is 13.3. The zero-order chi connectivity index (χ0) is 22.0. The van der Waals surface area contributed by atoms with Crippen molar-refractivity contribution in [3.63, 3.8) is 0 Å². The molecular formula is C23H27N3O4S. The number of hydrogen-bond donors (Lipinski definition) is 0. The molecule has 1 aromatic heterocycles. The highest BCUT2D eigenvalue weighted by molar-refractivity contribution is 7.89. The van der Waals surface area contributed by atoms with Gasteiger partial charge in [0.2, 0.25) is 21.7 Å². The van der Waals surface area contributed by atoms with Crippen molar-refractivity contribution in [3.8, 4) is 17.1 Å². The van der Waals surface area contributed by atoms with Crippen LogP contribution in [0.4, 0.5) is 0 Å². The van der Waals surface area contributed by atoms with E-state index in [4.69, 9.17) is 9.26 Å². The zero-order valence-corrected chi connectivity index (χ0v) is 18.9. The van der Waals surface area contributed by atoms with Crippen LogP contribution in [-0.2, 0) is 16.4 Å². The molecule has 0 amide bonds. The van der Waals surface area contributed by atoms with Gasteiger partial charge in [0, 0.05) is 25.1 Å². The molecule has 0 unspecified atom stereocenters. The topological polar surface area (TPSA) is 85.5 Å². The Morgan fingerprint density at radius 3 is 2.77 bits per heavy atom. The van der Waals surface area contributed by atoms with Crippen molar-refractivity contribution in [2.24, 2.45) is 5.92 Å². The van der Waals surface area contributed by atoms with E-state index < -0.39 is 10.0 Å². The average molecular weight is 442 g/mol. The molecule has 2 aromatic carbocycles. The number of benzene rings is 2. The summed E-state index contributed by atoms with van der Waals surface area (Å²) in [5, 5.41) is 4.13. The van der Waals surface area contributed by atoms with E-state index in [1.165, 1.54) is 7.11 Å². The lowest BCUT2D eigenvalue weighted by molar-refractivity contribution is 0.246. The van der Waals surface area contributed by atoms with Crippen molar-refractivity contribution >= 4 is 10.0 Å². The van der Waals surface area contributed by atoms with Crippen molar-refractivity contribution in [3.05, 3.63) is 59.5 Å². The summed E-state index contributed by atoms with van der Waals surface area (Å²) in [5.74, 6) is 1.59. The molecule has 0 bridgehead atoms. The third kappa shape index (κ3) is 4.50. The lowest BCUT2D eigenvalue weighted by Gasteiger charge is -2.31. The van der Waals surface area contributed by atoms with Gasteiger partial charge in [-0.25, -0.2) is 8.42 Å². The lowest BCUT2D eigenvalue weighted by Crippen LogP contribution is -2.40. The van der Waals surface area contributed by atoms with Crippen LogP contribution in [0.25, 0.3) is 11.4 Å². The molecule has 1 saturated heterocycles. The van der Waals surface area contributed by atoms with E-state index in [0.717, 1.165) is 29.5 Å². The Hall–Kier alpha value is -2.71. The monoisotopic (exact) mass is 441 g/mol. The maximum atomic E-state index is 13.3. The first-order chi connectivity index (χ1) is 14.9. The van der Waals surface area contributed by atoms with Gasteiger partial charge in [0.05, 0.1) is 7.11 Å². The molecular weight excluding hydrogens is 414 g/mol. The van der Waals surface area contributed by atoms with Crippen molar-refractivity contribution in [1.29, 1.82) is 0 Å². The van der Waals surface area contributed by atoms with Gasteiger partial charge in [-0.3, -0.25) is 0 Å². The lowest BCUT2D eigenvalue weighted by atomic mass is 9.96. The summed E-state index contributed by atoms with van der Waals surface area (Å²) in [5.41, 5.74) is 2.90. The minimum Gasteiger partial charge on any atom is -0.495 e. The number of methoxy groups -OCH3 is 1. The van der Waals surface area contributed by atoms with E-state index in [1.54, 1.807) is 16.4 Å². The fraction of sp³-hybridized carbons (Fsp3) is 0.391. The van der Waals surface area contributed by atoms with Crippen LogP contribution >= 0.6 is 0 Å². The standard InChI is InChI=1S/C23H27N3O4S/c1-16-10-11-20(29-3)21(13-16)31(27,28)26-12-6-8-18(15-26)14-22-24-23(25-30-22)19-9-5-4-7-17(19)2/h4-5,7,9-11,13,18H,6,8,12,14-15H2,1-3H3/t18-/m1/s1. The van der Waals surface area contributed by atoms with Crippen LogP contribution in [0.3, 0.4) is 0 Å². The Morgan fingerprint density at radius 1 is 1.19 bits per heavy atom. The third-order valence-electron chi connectivity index (χ3n) is 5.74. The smallest absolute Gasteiger partial charge is 0.246 e. The largest absolute Gasteiger partial charge is 0.495 e. The minimum atomic E-state index is -3.65. The second-order valence-corrected chi connectivity index (χ2v) is 9.96. The number of aryl methyl sites for hydroxylation is 2. The number of sulfonamides is 1. The van der Waals surface area contributed by atoms with Crippen LogP contribution < -0.4 is 4.74 Å². The summed E-state index contributed by atoms with van der Waals surface area (Å²) in [6, 6.07) is 13.1. The van der Waals surface area contributed by atoms with E-state index in [9.17, 15) is 8.42 Å². The predicted molar refractivity (Wildman–Crippen MR) is 117 cm³/mol. The zero-order valence-electron chi connectivity index (χ0n) is 18.0. The summed E-state index contributed by atoms with van der Waals surface area (Å²) in [6.07, 6.45) is 2.26. The molecule has 0 saturated carbocycles. The van der Waals surface area contributed by atoms with Crippen LogP contribution in [-0.4, -0.2) is 43.1 Å². The molecule has 2 heterocycles. The number of rotatable bonds is 6. The summed E-state index contributed by atoms with van der Waals surface area (Å²) < 4.78 is 39.0. The van der Waals surface area contributed by atoms with Crippen molar-refractivity contribution in [2.45, 2.75) is 38.0 Å². The first kappa shape index (κ1) is 21.5. The fourth-order valence-corrected chi connectivity index (χ4v) is 5.85. The molecule has 7 nitrogen and oxygen atoms in total. The van der Waals surface area contributed by atoms with E-state index in [-0.39, 0.29) is 10.8 Å². The van der Waals surface area contributed by atoms with Crippen molar-refractivity contribution in [1.82, 2.24) is 14.4 Å². The number of nitrogens with zero attached hydrogens (tertiary/aromatic N) is 3. The fourth-order valence-electron chi connectivity index (χ4n) is 4.05. The van der Waals surface area contributed by atoms with E-state index in [0.29, 0.717) is 37.0 Å². The van der Waals surface area contributed by atoms with Gasteiger partial charge in [-0.05, 0) is 55.9 Å². The molecule has 164 valence electrons. The Kier molecular flexibility index (Phi) is 6.11. The first-order valence-electron chi connectivity index (χ1n) is 10.4. The molecule has 0 spiro atoms. The number of aromatic nitrogens is 2. The van der Waals surface area contributed by atoms with Crippen LogP contribution in [0.1, 0.15) is 29.9 Å². The SMILES string of the molecule is COc1ccc(C)cc1S(=O)(=O)N1CCC[C@H](Cc2nc(-c3ccccc3C)no2)C1. The Labute approximate surface area is 183 Å². The summed E-state index contributed by atoms with van der Waals surface area (Å²) in [7, 11) is -2.16. The predicted octanol–water partition coefficient (Wildman–Crippen LogP) is 4.01. The van der Waals surface area contributed by atoms with Crippen LogP contribution in [0.15, 0.2) is 51.9 Å². The van der Waals surface area contributed by atoms with Gasteiger partial charge in [0.15, 0.2) is 0 Å². The van der Waals surface area contributed by atoms with E-state index in [2.05, 4.69) is 10.1 Å². The van der Waals surface area contributed by atoms with Crippen molar-refractivity contribution in [2.75, 3.05) is 20.2 Å². The van der Waals surface area contributed by atoms with Gasteiger partial charge < -0.3 is 9.26 Å². The molecule has 4 rings (SSSR count). The quantitative estimate of drug-likeness (QED) is 0.575. The first-order valence-corrected chi connectivity index (χ1v) is 11.9. The average Bonchev–Trinajstić information content (AvgIpc) is 3.22. The summed E-state index contributed by atoms with van der Waals surface area (Å²) in [6.45, 7) is 4.80. The molecule has 1 aliphatic heterocycles. The molecule has 3 aromatic rings. The molecule has 1 atom stereocenters. The van der Waals surface area contributed by atoms with Gasteiger partial charge in [0.1, 0.15) is 10.6 Å². The Morgan fingerprint density at radius 2 is 2.00 bits per heavy atom. The molecule has 8 heteroatoms. The number of ether oxygens (including phenoxy) is 1. The summed E-state index contributed by atoms with van der Waals surface area (Å²) in [4.78, 5) is 4.77. The maximum Gasteiger partial charge on any atom is 0.246 e. The van der Waals surface area contributed by atoms with E-state index >= 15 is 0 Å². The Balaban J connectivity index is 1.51. The molecule has 0 N–H and O–H groups in total. The highest BCUT2D eigenvalue weighted by atomic mass is 32.2. The van der Waals surface area contributed by atoms with Crippen molar-refractivity contribution < 1.29 is 17.7 Å². The van der Waals surface area contributed by atoms with Gasteiger partial charge in [-0.15, -0.1) is 0 Å². The van der Waals surface area contributed by atoms with Crippen LogP contribution in [0, 0.1) is 19.8 Å². The molecule has 1 aliphatic rings. The highest BCUT2D eigenvalue weighted by Crippen LogP contribution is 2.31. The van der Waals surface area contributed by atoms with Gasteiger partial charge >= 0.3 is 0 Å². The van der Waals surface area contributed by atoms with E-state index in [1.807, 2.05) is 44.2 Å². The Bertz CT molecular complexity index is 1170. The number of hydrogen-bond acceptors (Lipinski definition) is 6. The molecule has 0 radical (unpaired) electrons. The molecule has 31 heavy (non-hydrogen) atoms. The van der Waals surface area contributed by atoms with Gasteiger partial charge in [-0.2, -0.15) is 9.29 Å². The van der Waals surface area contributed by atoms with Crippen LogP contribution in [0.5, 0.6) is 5.75 Å². The third-order valence-corrected chi connectivity index (χ3v) is 7.62. The second kappa shape index (κ2) is 8.80. The number of piperidine rings is 1. The van der Waals surface area contributed by atoms with Gasteiger partial charge in [0.25, 0.3) is 0 Å².